The van der Waals surface area contributed by atoms with Crippen LogP contribution in [0.1, 0.15) is 75.1 Å². The number of nitrogens with one attached hydrogen (secondary N) is 2. The number of anilines is 1. The van der Waals surface area contributed by atoms with Gasteiger partial charge in [-0.3, -0.25) is 9.69 Å². The molecule has 3 aliphatic rings. The minimum Gasteiger partial charge on any atom is -0.335 e. The number of Topliss-reactive ketones (excluding diaryl/α,β-unsaturated/α-hetero) is 1. The number of ketones is 1. The molecule has 4 rings (SSSR count). The van der Waals surface area contributed by atoms with Crippen molar-refractivity contribution in [2.24, 2.45) is 0 Å². The molecule has 2 bridgehead atoms. The summed E-state index contributed by atoms with van der Waals surface area (Å²) < 4.78 is 0. The fraction of sp³-hybridized carbons (Fsp3) is 0.636. The number of hydrogen-bond donors (Lipinski definition) is 2. The molecular formula is C22H31N3O2. The Morgan fingerprint density at radius 2 is 1.63 bits per heavy atom. The number of nitrogens with zero attached hydrogens (tertiary/aromatic N) is 1. The third-order valence-electron chi connectivity index (χ3n) is 6.64. The lowest BCUT2D eigenvalue weighted by Crippen LogP contribution is -2.59. The highest BCUT2D eigenvalue weighted by Gasteiger charge is 2.42. The molecule has 3 fully saturated rings. The van der Waals surface area contributed by atoms with Crippen molar-refractivity contribution < 1.29 is 9.59 Å². The molecule has 0 aromatic heterocycles. The first-order valence-corrected chi connectivity index (χ1v) is 10.6. The van der Waals surface area contributed by atoms with E-state index in [0.29, 0.717) is 23.3 Å². The number of hydrogen-bond acceptors (Lipinski definition) is 3. The van der Waals surface area contributed by atoms with Gasteiger partial charge in [0.15, 0.2) is 5.78 Å². The van der Waals surface area contributed by atoms with E-state index in [9.17, 15) is 9.59 Å². The third-order valence-corrected chi connectivity index (χ3v) is 6.64. The molecule has 0 spiro atoms. The quantitative estimate of drug-likeness (QED) is 0.776. The first-order valence-electron chi connectivity index (χ1n) is 10.6. The highest BCUT2D eigenvalue weighted by Crippen LogP contribution is 2.39. The van der Waals surface area contributed by atoms with Crippen molar-refractivity contribution >= 4 is 17.5 Å². The van der Waals surface area contributed by atoms with Crippen LogP contribution in [0.3, 0.4) is 0 Å². The molecule has 1 aromatic rings. The minimum atomic E-state index is -0.159. The van der Waals surface area contributed by atoms with Crippen LogP contribution in [0.4, 0.5) is 10.5 Å². The van der Waals surface area contributed by atoms with Gasteiger partial charge in [-0.1, -0.05) is 31.4 Å². The fourth-order valence-electron chi connectivity index (χ4n) is 5.50. The summed E-state index contributed by atoms with van der Waals surface area (Å²) in [4.78, 5) is 26.8. The van der Waals surface area contributed by atoms with Crippen molar-refractivity contribution in [1.29, 1.82) is 0 Å². The second-order valence-corrected chi connectivity index (χ2v) is 8.53. The second kappa shape index (κ2) is 8.01. The van der Waals surface area contributed by atoms with E-state index in [1.165, 1.54) is 51.9 Å². The molecule has 1 aromatic carbocycles. The summed E-state index contributed by atoms with van der Waals surface area (Å²) in [5.41, 5.74) is 1.29. The van der Waals surface area contributed by atoms with Gasteiger partial charge >= 0.3 is 6.03 Å². The van der Waals surface area contributed by atoms with Crippen molar-refractivity contribution in [3.8, 4) is 0 Å². The Balaban J connectivity index is 1.35. The highest BCUT2D eigenvalue weighted by molar-refractivity contribution is 5.96. The highest BCUT2D eigenvalue weighted by atomic mass is 16.2. The minimum absolute atomic E-state index is 0.00571. The lowest BCUT2D eigenvalue weighted by Gasteiger charge is -2.51. The molecule has 2 N–H and O–H groups in total. The van der Waals surface area contributed by atoms with Gasteiger partial charge in [0.25, 0.3) is 0 Å². The Bertz CT molecular complexity index is 685. The standard InChI is InChI=1S/C22H31N3O2/c1-15(26)16-6-4-7-17(12-16)23-22(27)24-18-13-20-10-5-11-21(14-18)25(20)19-8-2-3-9-19/h4,6-7,12,18-21H,2-3,5,8-11,13-14H2,1H3,(H2,23,24,27). The van der Waals surface area contributed by atoms with Crippen molar-refractivity contribution in [2.75, 3.05) is 5.32 Å². The molecule has 2 saturated heterocycles. The van der Waals surface area contributed by atoms with E-state index < -0.39 is 0 Å². The van der Waals surface area contributed by atoms with Gasteiger partial charge in [-0.25, -0.2) is 4.79 Å². The summed E-state index contributed by atoms with van der Waals surface area (Å²) in [6.07, 6.45) is 11.5. The van der Waals surface area contributed by atoms with E-state index in [1.807, 2.05) is 6.07 Å². The maximum absolute atomic E-state index is 12.5. The first kappa shape index (κ1) is 18.5. The van der Waals surface area contributed by atoms with E-state index in [1.54, 1.807) is 18.2 Å². The molecular weight excluding hydrogens is 338 g/mol. The number of rotatable bonds is 4. The van der Waals surface area contributed by atoms with E-state index >= 15 is 0 Å². The van der Waals surface area contributed by atoms with E-state index in [-0.39, 0.29) is 17.9 Å². The molecule has 5 nitrogen and oxygen atoms in total. The van der Waals surface area contributed by atoms with Crippen LogP contribution in [0.25, 0.3) is 0 Å². The number of amides is 2. The summed E-state index contributed by atoms with van der Waals surface area (Å²) in [6, 6.07) is 9.26. The van der Waals surface area contributed by atoms with Crippen molar-refractivity contribution in [2.45, 2.75) is 88.9 Å². The number of fused-ring (bicyclic) bond motifs is 2. The Morgan fingerprint density at radius 3 is 2.30 bits per heavy atom. The van der Waals surface area contributed by atoms with Crippen LogP contribution in [-0.2, 0) is 0 Å². The Hall–Kier alpha value is -1.88. The SMILES string of the molecule is CC(=O)c1cccc(NC(=O)NC2CC3CCCC(C2)N3C2CCCC2)c1. The molecule has 1 aliphatic carbocycles. The maximum Gasteiger partial charge on any atom is 0.319 e. The van der Waals surface area contributed by atoms with Crippen LogP contribution < -0.4 is 10.6 Å². The van der Waals surface area contributed by atoms with Crippen molar-refractivity contribution in [3.63, 3.8) is 0 Å². The lowest BCUT2D eigenvalue weighted by atomic mass is 9.80. The normalized spacial score (nSPS) is 28.7. The topological polar surface area (TPSA) is 61.4 Å². The van der Waals surface area contributed by atoms with Crippen molar-refractivity contribution in [3.05, 3.63) is 29.8 Å². The van der Waals surface area contributed by atoms with Crippen LogP contribution >= 0.6 is 0 Å². The fourth-order valence-corrected chi connectivity index (χ4v) is 5.50. The molecule has 0 radical (unpaired) electrons. The Morgan fingerprint density at radius 1 is 0.963 bits per heavy atom. The molecule has 2 aliphatic heterocycles. The smallest absolute Gasteiger partial charge is 0.319 e. The zero-order chi connectivity index (χ0) is 18.8. The molecule has 2 amide bonds. The molecule has 5 heteroatoms. The summed E-state index contributed by atoms with van der Waals surface area (Å²) >= 11 is 0. The average Bonchev–Trinajstić information content (AvgIpc) is 3.15. The molecule has 146 valence electrons. The third kappa shape index (κ3) is 4.18. The number of piperidine rings is 2. The zero-order valence-electron chi connectivity index (χ0n) is 16.2. The summed E-state index contributed by atoms with van der Waals surface area (Å²) in [7, 11) is 0. The molecule has 1 saturated carbocycles. The molecule has 27 heavy (non-hydrogen) atoms. The van der Waals surface area contributed by atoms with Crippen LogP contribution in [-0.4, -0.2) is 40.9 Å². The van der Waals surface area contributed by atoms with Crippen LogP contribution in [0.2, 0.25) is 0 Å². The average molecular weight is 370 g/mol. The number of benzene rings is 1. The zero-order valence-corrected chi connectivity index (χ0v) is 16.2. The maximum atomic E-state index is 12.5. The van der Waals surface area contributed by atoms with Crippen molar-refractivity contribution in [1.82, 2.24) is 10.2 Å². The van der Waals surface area contributed by atoms with Crippen LogP contribution in [0.15, 0.2) is 24.3 Å². The lowest BCUT2D eigenvalue weighted by molar-refractivity contribution is -0.00680. The van der Waals surface area contributed by atoms with Gasteiger partial charge in [0.1, 0.15) is 0 Å². The first-order chi connectivity index (χ1) is 13.1. The molecule has 2 heterocycles. The second-order valence-electron chi connectivity index (χ2n) is 8.53. The van der Waals surface area contributed by atoms with Crippen LogP contribution in [0.5, 0.6) is 0 Å². The van der Waals surface area contributed by atoms with E-state index in [2.05, 4.69) is 15.5 Å². The summed E-state index contributed by atoms with van der Waals surface area (Å²) in [6.45, 7) is 1.54. The Kier molecular flexibility index (Phi) is 5.48. The molecule has 2 unspecified atom stereocenters. The predicted octanol–water partition coefficient (Wildman–Crippen LogP) is 4.34. The van der Waals surface area contributed by atoms with E-state index in [0.717, 1.165) is 18.9 Å². The van der Waals surface area contributed by atoms with Crippen LogP contribution in [0, 0.1) is 0 Å². The van der Waals surface area contributed by atoms with Gasteiger partial charge in [-0.05, 0) is 57.6 Å². The van der Waals surface area contributed by atoms with Gasteiger partial charge in [0.2, 0.25) is 0 Å². The summed E-state index contributed by atoms with van der Waals surface area (Å²) in [5, 5.41) is 6.09. The number of carbonyl (C=O) groups excluding carboxylic acids is 2. The largest absolute Gasteiger partial charge is 0.335 e. The van der Waals surface area contributed by atoms with Gasteiger partial charge in [-0.15, -0.1) is 0 Å². The Labute approximate surface area is 161 Å². The predicted molar refractivity (Wildman–Crippen MR) is 107 cm³/mol. The van der Waals surface area contributed by atoms with E-state index in [4.69, 9.17) is 0 Å². The van der Waals surface area contributed by atoms with Gasteiger partial charge < -0.3 is 10.6 Å². The van der Waals surface area contributed by atoms with Gasteiger partial charge in [0, 0.05) is 35.4 Å². The monoisotopic (exact) mass is 369 g/mol. The molecule has 2 atom stereocenters. The van der Waals surface area contributed by atoms with Gasteiger partial charge in [-0.2, -0.15) is 0 Å². The van der Waals surface area contributed by atoms with Gasteiger partial charge in [0.05, 0.1) is 0 Å². The summed E-state index contributed by atoms with van der Waals surface area (Å²) in [5.74, 6) is 0.00571. The number of carbonyl (C=O) groups is 2. The number of urea groups is 1.